The SMILES string of the molecule is CC1(Oc2ncnc3c2nc(-c2cccc(OC(C)(C)C(=O)O)c2Cl)n3Cc2cccc(Cl)c2)CC1. The number of aliphatic carboxylic acids is 1. The summed E-state index contributed by atoms with van der Waals surface area (Å²) < 4.78 is 13.9. The van der Waals surface area contributed by atoms with Gasteiger partial charge in [0.25, 0.3) is 0 Å². The van der Waals surface area contributed by atoms with Crippen LogP contribution in [0.4, 0.5) is 0 Å². The van der Waals surface area contributed by atoms with Crippen molar-refractivity contribution in [1.29, 1.82) is 0 Å². The first-order valence-corrected chi connectivity index (χ1v) is 12.2. The number of ether oxygens (including phenoxy) is 2. The van der Waals surface area contributed by atoms with Crippen molar-refractivity contribution in [3.63, 3.8) is 0 Å². The molecule has 186 valence electrons. The molecular weight excluding hydrogens is 503 g/mol. The van der Waals surface area contributed by atoms with Crippen molar-refractivity contribution in [3.05, 3.63) is 64.4 Å². The summed E-state index contributed by atoms with van der Waals surface area (Å²) in [6.07, 6.45) is 3.35. The fourth-order valence-corrected chi connectivity index (χ4v) is 4.22. The average molecular weight is 527 g/mol. The summed E-state index contributed by atoms with van der Waals surface area (Å²) in [5, 5.41) is 10.4. The van der Waals surface area contributed by atoms with Crippen LogP contribution < -0.4 is 9.47 Å². The standard InChI is InChI=1S/C26H24Cl2N4O4/c1-25(2,24(33)34)35-18-9-5-8-17(19(18)28)21-31-20-22(29-14-30-23(20)36-26(3)10-11-26)32(21)13-15-6-4-7-16(27)12-15/h4-9,12,14H,10-11,13H2,1-3H3,(H,33,34). The Balaban J connectivity index is 1.67. The molecule has 0 bridgehead atoms. The highest BCUT2D eigenvalue weighted by atomic mass is 35.5. The van der Waals surface area contributed by atoms with E-state index in [4.69, 9.17) is 37.7 Å². The van der Waals surface area contributed by atoms with Crippen LogP contribution in [-0.2, 0) is 11.3 Å². The van der Waals surface area contributed by atoms with E-state index in [1.54, 1.807) is 18.2 Å². The van der Waals surface area contributed by atoms with Crippen molar-refractivity contribution < 1.29 is 19.4 Å². The van der Waals surface area contributed by atoms with Crippen molar-refractivity contribution in [3.8, 4) is 23.0 Å². The van der Waals surface area contributed by atoms with Gasteiger partial charge in [0, 0.05) is 10.6 Å². The molecule has 1 saturated carbocycles. The van der Waals surface area contributed by atoms with Crippen molar-refractivity contribution >= 4 is 40.3 Å². The number of benzene rings is 2. The van der Waals surface area contributed by atoms with Crippen LogP contribution in [0, 0.1) is 0 Å². The molecule has 2 aromatic carbocycles. The minimum atomic E-state index is -1.48. The van der Waals surface area contributed by atoms with Crippen molar-refractivity contribution in [2.75, 3.05) is 0 Å². The van der Waals surface area contributed by atoms with Crippen LogP contribution >= 0.6 is 23.2 Å². The zero-order chi connectivity index (χ0) is 25.7. The van der Waals surface area contributed by atoms with Gasteiger partial charge in [0.2, 0.25) is 5.88 Å². The van der Waals surface area contributed by atoms with Gasteiger partial charge in [0.05, 0.1) is 11.6 Å². The van der Waals surface area contributed by atoms with E-state index in [1.165, 1.54) is 20.2 Å². The van der Waals surface area contributed by atoms with E-state index in [0.717, 1.165) is 18.4 Å². The normalized spacial score (nSPS) is 14.6. The van der Waals surface area contributed by atoms with Gasteiger partial charge in [-0.1, -0.05) is 41.4 Å². The summed E-state index contributed by atoms with van der Waals surface area (Å²) in [6, 6.07) is 12.7. The second-order valence-corrected chi connectivity index (χ2v) is 10.4. The van der Waals surface area contributed by atoms with Gasteiger partial charge in [-0.15, -0.1) is 0 Å². The van der Waals surface area contributed by atoms with Crippen LogP contribution in [0.3, 0.4) is 0 Å². The van der Waals surface area contributed by atoms with Gasteiger partial charge in [-0.3, -0.25) is 0 Å². The maximum Gasteiger partial charge on any atom is 0.347 e. The summed E-state index contributed by atoms with van der Waals surface area (Å²) in [5.41, 5.74) is 0.845. The molecule has 0 saturated heterocycles. The number of hydrogen-bond acceptors (Lipinski definition) is 6. The molecule has 2 aromatic heterocycles. The number of carbonyl (C=O) groups is 1. The van der Waals surface area contributed by atoms with E-state index in [0.29, 0.717) is 40.0 Å². The number of carboxylic acid groups (broad SMARTS) is 1. The lowest BCUT2D eigenvalue weighted by molar-refractivity contribution is -0.152. The van der Waals surface area contributed by atoms with Crippen LogP contribution in [0.2, 0.25) is 10.0 Å². The van der Waals surface area contributed by atoms with Gasteiger partial charge in [-0.05, 0) is 63.4 Å². The smallest absolute Gasteiger partial charge is 0.347 e. The van der Waals surface area contributed by atoms with Gasteiger partial charge >= 0.3 is 5.97 Å². The van der Waals surface area contributed by atoms with E-state index in [2.05, 4.69) is 9.97 Å². The van der Waals surface area contributed by atoms with Crippen LogP contribution in [0.15, 0.2) is 48.8 Å². The summed E-state index contributed by atoms with van der Waals surface area (Å²) in [7, 11) is 0. The third kappa shape index (κ3) is 4.70. The minimum absolute atomic E-state index is 0.232. The summed E-state index contributed by atoms with van der Waals surface area (Å²) >= 11 is 13.0. The molecular formula is C26H24Cl2N4O4. The second kappa shape index (κ2) is 8.94. The van der Waals surface area contributed by atoms with Crippen LogP contribution in [0.1, 0.15) is 39.2 Å². The Morgan fingerprint density at radius 3 is 2.61 bits per heavy atom. The summed E-state index contributed by atoms with van der Waals surface area (Å²) in [4.78, 5) is 25.4. The van der Waals surface area contributed by atoms with Crippen molar-refractivity contribution in [1.82, 2.24) is 19.5 Å². The number of hydrogen-bond donors (Lipinski definition) is 1. The molecule has 10 heteroatoms. The zero-order valence-corrected chi connectivity index (χ0v) is 21.5. The molecule has 0 unspecified atom stereocenters. The Hall–Kier alpha value is -3.36. The van der Waals surface area contributed by atoms with E-state index < -0.39 is 11.6 Å². The molecule has 1 aliphatic carbocycles. The monoisotopic (exact) mass is 526 g/mol. The molecule has 5 rings (SSSR count). The Kier molecular flexibility index (Phi) is 6.04. The van der Waals surface area contributed by atoms with Crippen LogP contribution in [0.25, 0.3) is 22.6 Å². The molecule has 0 atom stereocenters. The van der Waals surface area contributed by atoms with Gasteiger partial charge in [-0.2, -0.15) is 4.98 Å². The lowest BCUT2D eigenvalue weighted by atomic mass is 10.1. The molecule has 36 heavy (non-hydrogen) atoms. The number of nitrogens with zero attached hydrogens (tertiary/aromatic N) is 4. The number of imidazole rings is 1. The van der Waals surface area contributed by atoms with Crippen molar-refractivity contribution in [2.45, 2.75) is 51.4 Å². The Morgan fingerprint density at radius 2 is 1.92 bits per heavy atom. The third-order valence-corrected chi connectivity index (χ3v) is 6.73. The fraction of sp³-hybridized carbons (Fsp3) is 0.308. The molecule has 0 aliphatic heterocycles. The highest BCUT2D eigenvalue weighted by Gasteiger charge is 2.41. The van der Waals surface area contributed by atoms with Gasteiger partial charge in [0.1, 0.15) is 23.5 Å². The van der Waals surface area contributed by atoms with Crippen LogP contribution in [-0.4, -0.2) is 41.8 Å². The summed E-state index contributed by atoms with van der Waals surface area (Å²) in [5.74, 6) is 0.0419. The molecule has 4 aromatic rings. The first-order chi connectivity index (χ1) is 17.1. The predicted molar refractivity (Wildman–Crippen MR) is 137 cm³/mol. The number of rotatable bonds is 8. The molecule has 0 amide bonds. The number of halogens is 2. The zero-order valence-electron chi connectivity index (χ0n) is 20.0. The topological polar surface area (TPSA) is 99.4 Å². The van der Waals surface area contributed by atoms with Gasteiger partial charge < -0.3 is 19.1 Å². The summed E-state index contributed by atoms with van der Waals surface area (Å²) in [6.45, 7) is 5.36. The fourth-order valence-electron chi connectivity index (χ4n) is 3.76. The molecule has 2 heterocycles. The van der Waals surface area contributed by atoms with E-state index in [-0.39, 0.29) is 16.4 Å². The second-order valence-electron chi connectivity index (χ2n) is 9.59. The molecule has 8 nitrogen and oxygen atoms in total. The Labute approximate surface area is 217 Å². The molecule has 1 N–H and O–H groups in total. The number of fused-ring (bicyclic) bond motifs is 1. The maximum atomic E-state index is 11.6. The quantitative estimate of drug-likeness (QED) is 0.299. The van der Waals surface area contributed by atoms with E-state index in [1.807, 2.05) is 35.8 Å². The van der Waals surface area contributed by atoms with Gasteiger partial charge in [0.15, 0.2) is 16.8 Å². The lowest BCUT2D eigenvalue weighted by Crippen LogP contribution is -2.37. The van der Waals surface area contributed by atoms with Crippen molar-refractivity contribution in [2.24, 2.45) is 0 Å². The molecule has 0 radical (unpaired) electrons. The first-order valence-electron chi connectivity index (χ1n) is 11.4. The first kappa shape index (κ1) is 24.3. The highest BCUT2D eigenvalue weighted by molar-refractivity contribution is 6.34. The molecule has 1 aliphatic rings. The minimum Gasteiger partial charge on any atom is -0.478 e. The largest absolute Gasteiger partial charge is 0.478 e. The highest BCUT2D eigenvalue weighted by Crippen LogP contribution is 2.42. The Morgan fingerprint density at radius 1 is 1.17 bits per heavy atom. The van der Waals surface area contributed by atoms with E-state index >= 15 is 0 Å². The number of aromatic nitrogens is 4. The van der Waals surface area contributed by atoms with Gasteiger partial charge in [-0.25, -0.2) is 14.8 Å². The average Bonchev–Trinajstić information content (AvgIpc) is 3.43. The molecule has 1 fully saturated rings. The molecule has 0 spiro atoms. The maximum absolute atomic E-state index is 11.6. The van der Waals surface area contributed by atoms with Crippen LogP contribution in [0.5, 0.6) is 11.6 Å². The Bertz CT molecular complexity index is 1480. The third-order valence-electron chi connectivity index (χ3n) is 6.11. The predicted octanol–water partition coefficient (Wildman–Crippen LogP) is 6.02. The van der Waals surface area contributed by atoms with E-state index in [9.17, 15) is 9.90 Å². The lowest BCUT2D eigenvalue weighted by Gasteiger charge is -2.23. The number of carboxylic acids is 1.